The number of Topliss-reactive ketones (excluding diaryl/α,β-unsaturated/α-hetero) is 1. The van der Waals surface area contributed by atoms with E-state index in [4.69, 9.17) is 5.73 Å². The van der Waals surface area contributed by atoms with Gasteiger partial charge in [-0.1, -0.05) is 68.7 Å². The van der Waals surface area contributed by atoms with Gasteiger partial charge in [-0.05, 0) is 35.5 Å². The molecule has 0 bridgehead atoms. The average Bonchev–Trinajstić information content (AvgIpc) is 3.48. The van der Waals surface area contributed by atoms with Crippen molar-refractivity contribution in [3.05, 3.63) is 0 Å². The van der Waals surface area contributed by atoms with Crippen LogP contribution in [0.15, 0.2) is 0 Å². The normalized spacial score (nSPS) is 21.2. The molecule has 0 aromatic carbocycles. The first-order valence-corrected chi connectivity index (χ1v) is 15.5. The van der Waals surface area contributed by atoms with Crippen LogP contribution in [0, 0.1) is 22.7 Å². The van der Waals surface area contributed by atoms with Crippen LogP contribution >= 0.6 is 0 Å². The predicted molar refractivity (Wildman–Crippen MR) is 164 cm³/mol. The molecular weight excluding hydrogens is 568 g/mol. The highest BCUT2D eigenvalue weighted by Gasteiger charge is 2.46. The highest BCUT2D eigenvalue weighted by Crippen LogP contribution is 2.32. The van der Waals surface area contributed by atoms with E-state index in [0.29, 0.717) is 12.8 Å². The molecule has 13 heteroatoms. The van der Waals surface area contributed by atoms with Crippen molar-refractivity contribution in [2.45, 2.75) is 119 Å². The third-order valence-electron chi connectivity index (χ3n) is 8.57. The van der Waals surface area contributed by atoms with Crippen molar-refractivity contribution in [2.75, 3.05) is 13.1 Å². The number of hydrogen-bond donors (Lipinski definition) is 4. The summed E-state index contributed by atoms with van der Waals surface area (Å²) in [5, 5.41) is 8.32. The van der Waals surface area contributed by atoms with Crippen molar-refractivity contribution in [2.24, 2.45) is 28.4 Å². The number of urea groups is 1. The zero-order valence-electron chi connectivity index (χ0n) is 27.7. The lowest BCUT2D eigenvalue weighted by Crippen LogP contribution is -2.62. The van der Waals surface area contributed by atoms with Crippen molar-refractivity contribution in [1.29, 1.82) is 0 Å². The quantitative estimate of drug-likeness (QED) is 0.188. The number of carbonyl (C=O) groups excluding carboxylic acids is 7. The molecule has 5 atom stereocenters. The molecule has 0 aliphatic carbocycles. The van der Waals surface area contributed by atoms with Gasteiger partial charge in [0.1, 0.15) is 12.1 Å². The second-order valence-corrected chi connectivity index (χ2v) is 14.6. The van der Waals surface area contributed by atoms with E-state index < -0.39 is 64.5 Å². The Morgan fingerprint density at radius 3 is 1.93 bits per heavy atom. The molecule has 2 heterocycles. The van der Waals surface area contributed by atoms with Gasteiger partial charge in [-0.25, -0.2) is 4.79 Å². The zero-order chi connectivity index (χ0) is 33.7. The Morgan fingerprint density at radius 1 is 0.909 bits per heavy atom. The minimum Gasteiger partial charge on any atom is -0.363 e. The van der Waals surface area contributed by atoms with E-state index in [2.05, 4.69) is 16.0 Å². The Balaban J connectivity index is 2.31. The van der Waals surface area contributed by atoms with Crippen LogP contribution in [-0.2, 0) is 28.8 Å². The van der Waals surface area contributed by atoms with E-state index in [1.54, 1.807) is 20.8 Å². The molecule has 2 saturated heterocycles. The first kappa shape index (κ1) is 36.7. The van der Waals surface area contributed by atoms with E-state index in [1.165, 1.54) is 4.90 Å². The molecule has 7 amide bonds. The third kappa shape index (κ3) is 9.25. The number of carbonyl (C=O) groups is 7. The first-order valence-electron chi connectivity index (χ1n) is 15.5. The van der Waals surface area contributed by atoms with E-state index in [9.17, 15) is 33.6 Å². The number of primary amides is 1. The summed E-state index contributed by atoms with van der Waals surface area (Å²) in [5.41, 5.74) is 3.91. The highest BCUT2D eigenvalue weighted by atomic mass is 16.2. The molecule has 0 aromatic rings. The van der Waals surface area contributed by atoms with Gasteiger partial charge in [-0.2, -0.15) is 0 Å². The van der Waals surface area contributed by atoms with E-state index in [0.717, 1.165) is 4.90 Å². The molecule has 0 radical (unpaired) electrons. The summed E-state index contributed by atoms with van der Waals surface area (Å²) in [6.45, 7) is 17.1. The lowest BCUT2D eigenvalue weighted by atomic mass is 9.85. The van der Waals surface area contributed by atoms with Crippen molar-refractivity contribution in [1.82, 2.24) is 25.8 Å². The fourth-order valence-corrected chi connectivity index (χ4v) is 5.53. The summed E-state index contributed by atoms with van der Waals surface area (Å²) in [6, 6.07) is -4.30. The topological polar surface area (TPSA) is 188 Å². The Kier molecular flexibility index (Phi) is 12.1. The number of nitrogens with one attached hydrogen (secondary N) is 3. The largest absolute Gasteiger partial charge is 0.363 e. The molecule has 2 aliphatic heterocycles. The predicted octanol–water partition coefficient (Wildman–Crippen LogP) is 1.48. The molecule has 13 nitrogen and oxygen atoms in total. The molecule has 0 saturated carbocycles. The maximum absolute atomic E-state index is 14.2. The van der Waals surface area contributed by atoms with Gasteiger partial charge >= 0.3 is 6.03 Å². The van der Waals surface area contributed by atoms with E-state index in [-0.39, 0.29) is 56.0 Å². The Labute approximate surface area is 260 Å². The van der Waals surface area contributed by atoms with Crippen molar-refractivity contribution in [3.8, 4) is 0 Å². The summed E-state index contributed by atoms with van der Waals surface area (Å²) in [7, 11) is 0. The molecule has 5 N–H and O–H groups in total. The smallest absolute Gasteiger partial charge is 0.315 e. The Hall–Kier alpha value is -3.51. The minimum atomic E-state index is -1.14. The molecule has 1 unspecified atom stereocenters. The molecule has 248 valence electrons. The van der Waals surface area contributed by atoms with Crippen molar-refractivity contribution in [3.63, 3.8) is 0 Å². The van der Waals surface area contributed by atoms with E-state index in [1.807, 2.05) is 41.5 Å². The SMILES string of the molecule is CCCC(NC(=O)[C@@H]1C[C@@H](C(C)C)CN1C(=O)[C@@H](NC(=O)N[C@H](CN1C(=O)CCC1=O)C(C)(C)C)C(C)(C)C)C(=O)C(N)=O. The lowest BCUT2D eigenvalue weighted by Gasteiger charge is -2.37. The fourth-order valence-electron chi connectivity index (χ4n) is 5.53. The van der Waals surface area contributed by atoms with Gasteiger partial charge in [0.25, 0.3) is 5.91 Å². The van der Waals surface area contributed by atoms with Gasteiger partial charge < -0.3 is 26.6 Å². The van der Waals surface area contributed by atoms with Gasteiger partial charge in [0.2, 0.25) is 29.4 Å². The van der Waals surface area contributed by atoms with Crippen molar-refractivity contribution < 1.29 is 33.6 Å². The van der Waals surface area contributed by atoms with Crippen LogP contribution in [0.5, 0.6) is 0 Å². The molecule has 0 spiro atoms. The highest BCUT2D eigenvalue weighted by molar-refractivity contribution is 6.37. The fraction of sp³-hybridized carbons (Fsp3) is 0.774. The molecular formula is C31H52N6O7. The van der Waals surface area contributed by atoms with Crippen LogP contribution < -0.4 is 21.7 Å². The molecule has 2 fully saturated rings. The molecule has 44 heavy (non-hydrogen) atoms. The monoisotopic (exact) mass is 620 g/mol. The summed E-state index contributed by atoms with van der Waals surface area (Å²) in [5.74, 6) is -3.49. The van der Waals surface area contributed by atoms with Crippen LogP contribution in [-0.4, -0.2) is 88.4 Å². The number of likely N-dealkylation sites (tertiary alicyclic amines) is 2. The van der Waals surface area contributed by atoms with Crippen LogP contribution in [0.3, 0.4) is 0 Å². The Morgan fingerprint density at radius 2 is 1.48 bits per heavy atom. The maximum Gasteiger partial charge on any atom is 0.315 e. The molecule has 2 rings (SSSR count). The first-order chi connectivity index (χ1) is 20.2. The van der Waals surface area contributed by atoms with Crippen molar-refractivity contribution >= 4 is 41.4 Å². The van der Waals surface area contributed by atoms with Gasteiger partial charge in [0, 0.05) is 25.9 Å². The zero-order valence-corrected chi connectivity index (χ0v) is 27.7. The van der Waals surface area contributed by atoms with Crippen LogP contribution in [0.25, 0.3) is 0 Å². The number of hydrogen-bond acceptors (Lipinski definition) is 7. The van der Waals surface area contributed by atoms with Crippen LogP contribution in [0.4, 0.5) is 4.79 Å². The van der Waals surface area contributed by atoms with Crippen LogP contribution in [0.1, 0.15) is 94.4 Å². The second kappa shape index (κ2) is 14.5. The number of amides is 7. The van der Waals surface area contributed by atoms with Gasteiger partial charge in [-0.15, -0.1) is 0 Å². The number of nitrogens with two attached hydrogens (primary N) is 1. The number of imide groups is 1. The molecule has 0 aromatic heterocycles. The Bertz CT molecular complexity index is 1120. The minimum absolute atomic E-state index is 0.0100. The molecule has 2 aliphatic rings. The lowest BCUT2D eigenvalue weighted by molar-refractivity contribution is -0.143. The van der Waals surface area contributed by atoms with Gasteiger partial charge in [0.05, 0.1) is 12.1 Å². The summed E-state index contributed by atoms with van der Waals surface area (Å²) < 4.78 is 0. The summed E-state index contributed by atoms with van der Waals surface area (Å²) >= 11 is 0. The number of ketones is 1. The summed E-state index contributed by atoms with van der Waals surface area (Å²) in [4.78, 5) is 92.2. The van der Waals surface area contributed by atoms with E-state index >= 15 is 0 Å². The summed E-state index contributed by atoms with van der Waals surface area (Å²) in [6.07, 6.45) is 1.37. The number of rotatable bonds is 12. The average molecular weight is 621 g/mol. The van der Waals surface area contributed by atoms with Gasteiger partial charge in [-0.3, -0.25) is 33.7 Å². The van der Waals surface area contributed by atoms with Gasteiger partial charge in [0.15, 0.2) is 0 Å². The number of nitrogens with zero attached hydrogens (tertiary/aromatic N) is 2. The standard InChI is InChI=1S/C31H52N6O7/c1-10-11-19(24(40)26(32)41)33-27(42)20-14-18(17(2)3)15-36(20)28(43)25(31(7,8)9)35-29(44)34-21(30(4,5)6)16-37-22(38)12-13-23(37)39/h17-21,25H,10-16H2,1-9H3,(H2,32,41)(H,33,42)(H2,34,35,44)/t18-,19?,20+,21-,25-/m1/s1. The maximum atomic E-state index is 14.2. The third-order valence-corrected chi connectivity index (χ3v) is 8.57. The second-order valence-electron chi connectivity index (χ2n) is 14.6. The van der Waals surface area contributed by atoms with Crippen LogP contribution in [0.2, 0.25) is 0 Å².